The van der Waals surface area contributed by atoms with Crippen LogP contribution in [-0.2, 0) is 10.8 Å². The number of hydrogen-bond acceptors (Lipinski definition) is 3. The normalized spacial score (nSPS) is 15.3. The summed E-state index contributed by atoms with van der Waals surface area (Å²) < 4.78 is 7.27. The number of para-hydroxylation sites is 3. The van der Waals surface area contributed by atoms with Crippen molar-refractivity contribution in [2.75, 3.05) is 9.80 Å². The lowest BCUT2D eigenvalue weighted by molar-refractivity contribution is 0.620. The minimum absolute atomic E-state index is 0.0473. The highest BCUT2D eigenvalue weighted by Gasteiger charge is 2.44. The highest BCUT2D eigenvalue weighted by molar-refractivity contribution is 7.00. The Hall–Kier alpha value is -7.56. The van der Waals surface area contributed by atoms with Gasteiger partial charge in [0.1, 0.15) is 5.58 Å². The van der Waals surface area contributed by atoms with Gasteiger partial charge < -0.3 is 14.2 Å². The first-order valence-electron chi connectivity index (χ1n) is 22.6. The standard InChI is InChI=1S/C60H43BN2O/c1-59(2)45-18-7-5-15-39(45)41-32-29-37(35-47(41)59)36-27-30-38(31-28-36)62-50-22-11-9-20-48(50)61-49-21-10-12-23-51(49)63(53-25-14-24-52(62)56(53)61)54-26-13-17-43-44-34-33-42-40-16-6-8-19-46(40)60(3,4)55(42)58(44)64-57(43)54/h5-35H,1-4H3. The van der Waals surface area contributed by atoms with Gasteiger partial charge in [0.2, 0.25) is 0 Å². The van der Waals surface area contributed by atoms with Gasteiger partial charge in [-0.3, -0.25) is 0 Å². The summed E-state index contributed by atoms with van der Waals surface area (Å²) in [6, 6.07) is 70.1. The fraction of sp³-hybridized carbons (Fsp3) is 0.100. The van der Waals surface area contributed by atoms with E-state index in [1.165, 1.54) is 94.8 Å². The molecule has 10 aromatic rings. The van der Waals surface area contributed by atoms with Crippen LogP contribution in [0.25, 0.3) is 55.3 Å². The topological polar surface area (TPSA) is 19.6 Å². The zero-order chi connectivity index (χ0) is 42.6. The van der Waals surface area contributed by atoms with Crippen LogP contribution in [0, 0.1) is 0 Å². The Morgan fingerprint density at radius 1 is 0.391 bits per heavy atom. The van der Waals surface area contributed by atoms with E-state index >= 15 is 0 Å². The maximum Gasteiger partial charge on any atom is 0.252 e. The van der Waals surface area contributed by atoms with Crippen molar-refractivity contribution < 1.29 is 4.42 Å². The third-order valence-corrected chi connectivity index (χ3v) is 15.3. The highest BCUT2D eigenvalue weighted by atomic mass is 16.3. The molecule has 0 N–H and O–H groups in total. The Bertz CT molecular complexity index is 3650. The van der Waals surface area contributed by atoms with Gasteiger partial charge in [0, 0.05) is 55.6 Å². The molecule has 302 valence electrons. The molecule has 2 aliphatic carbocycles. The quantitative estimate of drug-likeness (QED) is 0.166. The van der Waals surface area contributed by atoms with Crippen LogP contribution >= 0.6 is 0 Å². The van der Waals surface area contributed by atoms with Crippen molar-refractivity contribution >= 4 is 79.2 Å². The van der Waals surface area contributed by atoms with Gasteiger partial charge in [0.25, 0.3) is 6.71 Å². The summed E-state index contributed by atoms with van der Waals surface area (Å²) in [4.78, 5) is 4.95. The lowest BCUT2D eigenvalue weighted by Crippen LogP contribution is -2.61. The van der Waals surface area contributed by atoms with Gasteiger partial charge >= 0.3 is 0 Å². The molecule has 1 aromatic heterocycles. The van der Waals surface area contributed by atoms with E-state index in [1.54, 1.807) is 0 Å². The third-order valence-electron chi connectivity index (χ3n) is 15.3. The van der Waals surface area contributed by atoms with E-state index in [9.17, 15) is 0 Å². The van der Waals surface area contributed by atoms with Gasteiger partial charge in [0.05, 0.1) is 5.69 Å². The summed E-state index contributed by atoms with van der Waals surface area (Å²) in [5, 5.41) is 2.29. The van der Waals surface area contributed by atoms with Gasteiger partial charge in [0.15, 0.2) is 5.58 Å². The van der Waals surface area contributed by atoms with Crippen molar-refractivity contribution in [2.24, 2.45) is 0 Å². The number of hydrogen-bond donors (Lipinski definition) is 0. The zero-order valence-corrected chi connectivity index (χ0v) is 36.3. The molecule has 0 amide bonds. The SMILES string of the molecule is CC1(C)c2ccccc2-c2ccc(-c3ccc(N4c5ccccc5B5c6ccccc6N(c6cccc7c6oc6c8c(ccc67)-c6ccccc6C8(C)C)c6cccc4c65)cc3)cc21. The molecule has 4 heteroatoms. The maximum atomic E-state index is 7.27. The average Bonchev–Trinajstić information content (AvgIpc) is 3.91. The Labute approximate surface area is 373 Å². The first-order chi connectivity index (χ1) is 31.3. The van der Waals surface area contributed by atoms with Gasteiger partial charge in [-0.25, -0.2) is 0 Å². The molecule has 0 atom stereocenters. The van der Waals surface area contributed by atoms with Gasteiger partial charge in [-0.15, -0.1) is 0 Å². The molecule has 0 bridgehead atoms. The average molecular weight is 819 g/mol. The second-order valence-electron chi connectivity index (χ2n) is 19.2. The lowest BCUT2D eigenvalue weighted by Gasteiger charge is -2.43. The van der Waals surface area contributed by atoms with Crippen LogP contribution in [0.2, 0.25) is 0 Å². The van der Waals surface area contributed by atoms with Crippen LogP contribution in [-0.4, -0.2) is 6.71 Å². The Kier molecular flexibility index (Phi) is 7.05. The molecule has 0 saturated heterocycles. The largest absolute Gasteiger partial charge is 0.453 e. The highest BCUT2D eigenvalue weighted by Crippen LogP contribution is 2.54. The molecule has 9 aromatic carbocycles. The maximum absolute atomic E-state index is 7.27. The summed E-state index contributed by atoms with van der Waals surface area (Å²) in [7, 11) is 0. The van der Waals surface area contributed by atoms with E-state index in [-0.39, 0.29) is 17.5 Å². The van der Waals surface area contributed by atoms with E-state index in [0.717, 1.165) is 33.3 Å². The Balaban J connectivity index is 0.927. The Morgan fingerprint density at radius 3 is 1.67 bits per heavy atom. The minimum atomic E-state index is -0.192. The molecule has 3 heterocycles. The lowest BCUT2D eigenvalue weighted by atomic mass is 9.33. The summed E-state index contributed by atoms with van der Waals surface area (Å²) in [5.74, 6) is 0. The summed E-state index contributed by atoms with van der Waals surface area (Å²) >= 11 is 0. The number of fused-ring (bicyclic) bond motifs is 14. The first-order valence-corrected chi connectivity index (χ1v) is 22.6. The number of nitrogens with zero attached hydrogens (tertiary/aromatic N) is 2. The summed E-state index contributed by atoms with van der Waals surface area (Å²) in [6.45, 7) is 9.45. The Morgan fingerprint density at radius 2 is 0.922 bits per heavy atom. The molecular weight excluding hydrogens is 775 g/mol. The second-order valence-corrected chi connectivity index (χ2v) is 19.2. The van der Waals surface area contributed by atoms with E-state index < -0.39 is 0 Å². The molecule has 14 rings (SSSR count). The summed E-state index contributed by atoms with van der Waals surface area (Å²) in [6.07, 6.45) is 0. The zero-order valence-electron chi connectivity index (χ0n) is 36.3. The molecule has 4 aliphatic rings. The molecule has 0 fully saturated rings. The molecule has 0 spiro atoms. The van der Waals surface area contributed by atoms with Gasteiger partial charge in [-0.2, -0.15) is 0 Å². The number of anilines is 6. The molecule has 2 aliphatic heterocycles. The van der Waals surface area contributed by atoms with Crippen LogP contribution in [0.1, 0.15) is 49.9 Å². The number of rotatable bonds is 3. The molecule has 0 unspecified atom stereocenters. The van der Waals surface area contributed by atoms with Gasteiger partial charge in [-0.1, -0.05) is 161 Å². The van der Waals surface area contributed by atoms with Crippen molar-refractivity contribution in [1.82, 2.24) is 0 Å². The van der Waals surface area contributed by atoms with Crippen molar-refractivity contribution in [3.8, 4) is 33.4 Å². The van der Waals surface area contributed by atoms with Crippen molar-refractivity contribution in [2.45, 2.75) is 38.5 Å². The molecule has 0 radical (unpaired) electrons. The van der Waals surface area contributed by atoms with E-state index in [0.29, 0.717) is 0 Å². The minimum Gasteiger partial charge on any atom is -0.453 e. The smallest absolute Gasteiger partial charge is 0.252 e. The van der Waals surface area contributed by atoms with Crippen molar-refractivity contribution in [3.05, 3.63) is 210 Å². The van der Waals surface area contributed by atoms with Crippen molar-refractivity contribution in [1.29, 1.82) is 0 Å². The van der Waals surface area contributed by atoms with E-state index in [2.05, 4.69) is 226 Å². The van der Waals surface area contributed by atoms with E-state index in [1.807, 2.05) is 0 Å². The summed E-state index contributed by atoms with van der Waals surface area (Å²) in [5.41, 5.74) is 25.6. The monoisotopic (exact) mass is 818 g/mol. The van der Waals surface area contributed by atoms with Crippen LogP contribution in [0.4, 0.5) is 34.1 Å². The third kappa shape index (κ3) is 4.57. The van der Waals surface area contributed by atoms with Crippen LogP contribution in [0.15, 0.2) is 192 Å². The predicted molar refractivity (Wildman–Crippen MR) is 268 cm³/mol. The number of benzene rings is 9. The van der Waals surface area contributed by atoms with Crippen LogP contribution < -0.4 is 26.2 Å². The van der Waals surface area contributed by atoms with Crippen molar-refractivity contribution in [3.63, 3.8) is 0 Å². The fourth-order valence-corrected chi connectivity index (χ4v) is 12.3. The molecule has 3 nitrogen and oxygen atoms in total. The first kappa shape index (κ1) is 36.0. The number of furan rings is 1. The molecular formula is C60H43BN2O. The second kappa shape index (κ2) is 12.5. The van der Waals surface area contributed by atoms with Crippen LogP contribution in [0.5, 0.6) is 0 Å². The van der Waals surface area contributed by atoms with Crippen LogP contribution in [0.3, 0.4) is 0 Å². The molecule has 0 saturated carbocycles. The molecule has 64 heavy (non-hydrogen) atoms. The fourth-order valence-electron chi connectivity index (χ4n) is 12.3. The van der Waals surface area contributed by atoms with Gasteiger partial charge in [-0.05, 0) is 121 Å². The van der Waals surface area contributed by atoms with E-state index in [4.69, 9.17) is 4.42 Å². The predicted octanol–water partition coefficient (Wildman–Crippen LogP) is 13.9.